The number of carbonyl (C=O) groups excluding carboxylic acids is 2. The number of carbonyl (C=O) groups is 2. The number of imidazole rings is 1. The van der Waals surface area contributed by atoms with Gasteiger partial charge in [0.1, 0.15) is 28.7 Å². The fourth-order valence-corrected chi connectivity index (χ4v) is 4.37. The van der Waals surface area contributed by atoms with E-state index in [9.17, 15) is 22.8 Å². The first-order valence-electron chi connectivity index (χ1n) is 12.4. The Labute approximate surface area is 226 Å². The van der Waals surface area contributed by atoms with Crippen molar-refractivity contribution in [3.8, 4) is 11.3 Å². The number of pyridine rings is 1. The maximum absolute atomic E-state index is 13.0. The van der Waals surface area contributed by atoms with Crippen LogP contribution in [-0.2, 0) is 15.7 Å². The first-order valence-corrected chi connectivity index (χ1v) is 12.4. The molecule has 1 fully saturated rings. The van der Waals surface area contributed by atoms with E-state index in [0.717, 1.165) is 18.3 Å². The Bertz CT molecular complexity index is 1580. The predicted molar refractivity (Wildman–Crippen MR) is 140 cm³/mol. The molecule has 2 amide bonds. The quantitative estimate of drug-likeness (QED) is 0.316. The number of anilines is 2. The molecule has 4 heterocycles. The summed E-state index contributed by atoms with van der Waals surface area (Å²) in [6.07, 6.45) is -0.277. The van der Waals surface area contributed by atoms with E-state index >= 15 is 0 Å². The Morgan fingerprint density at radius 2 is 1.88 bits per heavy atom. The van der Waals surface area contributed by atoms with Crippen molar-refractivity contribution in [2.75, 3.05) is 30.8 Å². The van der Waals surface area contributed by atoms with Crippen molar-refractivity contribution in [3.05, 3.63) is 71.9 Å². The number of hydrogen-bond acceptors (Lipinski definition) is 7. The second kappa shape index (κ2) is 10.2. The van der Waals surface area contributed by atoms with E-state index in [1.54, 1.807) is 24.5 Å². The first kappa shape index (κ1) is 27.1. The van der Waals surface area contributed by atoms with E-state index in [1.165, 1.54) is 12.1 Å². The molecule has 40 heavy (non-hydrogen) atoms. The van der Waals surface area contributed by atoms with Gasteiger partial charge >= 0.3 is 6.18 Å². The Kier molecular flexibility index (Phi) is 6.92. The van der Waals surface area contributed by atoms with E-state index in [-0.39, 0.29) is 29.0 Å². The maximum atomic E-state index is 13.0. The summed E-state index contributed by atoms with van der Waals surface area (Å²) < 4.78 is 45.9. The number of nitrogen functional groups attached to an aromatic ring is 1. The molecule has 0 unspecified atom stereocenters. The summed E-state index contributed by atoms with van der Waals surface area (Å²) in [7, 11) is 0. The monoisotopic (exact) mass is 553 g/mol. The van der Waals surface area contributed by atoms with E-state index < -0.39 is 23.1 Å². The summed E-state index contributed by atoms with van der Waals surface area (Å²) in [6, 6.07) is 7.98. The van der Waals surface area contributed by atoms with Crippen LogP contribution in [0.25, 0.3) is 16.8 Å². The van der Waals surface area contributed by atoms with Crippen LogP contribution in [0.15, 0.2) is 55.0 Å². The number of aromatic nitrogens is 4. The van der Waals surface area contributed by atoms with E-state index in [1.807, 2.05) is 18.2 Å². The minimum absolute atomic E-state index is 0.0814. The van der Waals surface area contributed by atoms with Gasteiger partial charge in [-0.3, -0.25) is 14.0 Å². The van der Waals surface area contributed by atoms with Crippen molar-refractivity contribution in [1.29, 1.82) is 0 Å². The van der Waals surface area contributed by atoms with Crippen LogP contribution in [0.3, 0.4) is 0 Å². The molecule has 1 atom stereocenters. The van der Waals surface area contributed by atoms with E-state index in [2.05, 4.69) is 20.6 Å². The van der Waals surface area contributed by atoms with Gasteiger partial charge in [-0.15, -0.1) is 0 Å². The average molecular weight is 554 g/mol. The van der Waals surface area contributed by atoms with Crippen molar-refractivity contribution < 1.29 is 27.5 Å². The molecule has 13 heteroatoms. The molecule has 1 aliphatic heterocycles. The Morgan fingerprint density at radius 1 is 1.15 bits per heavy atom. The number of benzene rings is 1. The van der Waals surface area contributed by atoms with Crippen LogP contribution in [0.2, 0.25) is 0 Å². The van der Waals surface area contributed by atoms with E-state index in [4.69, 9.17) is 15.5 Å². The minimum atomic E-state index is -4.56. The molecular formula is C27H26F3N7O3. The largest absolute Gasteiger partial charge is 0.416 e. The molecule has 0 aliphatic carbocycles. The fourth-order valence-electron chi connectivity index (χ4n) is 4.37. The van der Waals surface area contributed by atoms with Crippen LogP contribution >= 0.6 is 0 Å². The molecule has 4 N–H and O–H groups in total. The van der Waals surface area contributed by atoms with Gasteiger partial charge in [-0.2, -0.15) is 13.2 Å². The van der Waals surface area contributed by atoms with Gasteiger partial charge in [0.05, 0.1) is 24.2 Å². The smallest absolute Gasteiger partial charge is 0.382 e. The Morgan fingerprint density at radius 3 is 2.52 bits per heavy atom. The van der Waals surface area contributed by atoms with Crippen molar-refractivity contribution >= 4 is 29.0 Å². The lowest BCUT2D eigenvalue weighted by molar-refractivity contribution is -0.157. The molecule has 0 saturated carbocycles. The molecule has 5 rings (SSSR count). The van der Waals surface area contributed by atoms with Gasteiger partial charge in [0, 0.05) is 42.2 Å². The van der Waals surface area contributed by atoms with Crippen LogP contribution < -0.4 is 16.4 Å². The van der Waals surface area contributed by atoms with Crippen molar-refractivity contribution in [3.63, 3.8) is 0 Å². The highest BCUT2D eigenvalue weighted by Gasteiger charge is 2.41. The van der Waals surface area contributed by atoms with Crippen LogP contribution in [-0.4, -0.2) is 50.9 Å². The normalized spacial score (nSPS) is 15.3. The number of nitrogens with one attached hydrogen (secondary N) is 2. The number of amides is 2. The predicted octanol–water partition coefficient (Wildman–Crippen LogP) is 3.90. The number of rotatable bonds is 7. The Balaban J connectivity index is 1.37. The molecule has 4 aromatic rings. The third-order valence-electron chi connectivity index (χ3n) is 6.76. The lowest BCUT2D eigenvalue weighted by Gasteiger charge is -2.36. The number of nitrogens with zero attached hydrogens (tertiary/aromatic N) is 4. The summed E-state index contributed by atoms with van der Waals surface area (Å²) in [5.41, 5.74) is 6.73. The molecule has 10 nitrogen and oxygen atoms in total. The third kappa shape index (κ3) is 5.19. The van der Waals surface area contributed by atoms with Crippen molar-refractivity contribution in [2.45, 2.75) is 25.9 Å². The highest BCUT2D eigenvalue weighted by Crippen LogP contribution is 2.32. The molecule has 1 aliphatic rings. The molecule has 0 bridgehead atoms. The lowest BCUT2D eigenvalue weighted by atomic mass is 9.87. The molecule has 0 radical (unpaired) electrons. The van der Waals surface area contributed by atoms with Crippen LogP contribution in [0.1, 0.15) is 41.5 Å². The molecule has 208 valence electrons. The molecule has 3 aromatic heterocycles. The highest BCUT2D eigenvalue weighted by molar-refractivity contribution is 6.04. The lowest BCUT2D eigenvalue weighted by Crippen LogP contribution is -2.52. The van der Waals surface area contributed by atoms with Crippen LogP contribution in [0, 0.1) is 5.41 Å². The van der Waals surface area contributed by atoms with Gasteiger partial charge in [-0.1, -0.05) is 19.1 Å². The maximum Gasteiger partial charge on any atom is 0.416 e. The van der Waals surface area contributed by atoms with Crippen molar-refractivity contribution in [2.24, 2.45) is 5.41 Å². The second-order valence-electron chi connectivity index (χ2n) is 9.97. The van der Waals surface area contributed by atoms with Gasteiger partial charge in [0.15, 0.2) is 0 Å². The summed E-state index contributed by atoms with van der Waals surface area (Å²) in [5.74, 6) is -0.183. The molecule has 0 spiro atoms. The zero-order valence-electron chi connectivity index (χ0n) is 21.6. The third-order valence-corrected chi connectivity index (χ3v) is 6.76. The average Bonchev–Trinajstić information content (AvgIpc) is 3.31. The van der Waals surface area contributed by atoms with Crippen LogP contribution in [0.5, 0.6) is 0 Å². The molecular weight excluding hydrogens is 527 g/mol. The van der Waals surface area contributed by atoms with Gasteiger partial charge in [0.2, 0.25) is 5.91 Å². The number of ether oxygens (including phenoxy) is 1. The summed E-state index contributed by atoms with van der Waals surface area (Å²) in [4.78, 5) is 38.0. The van der Waals surface area contributed by atoms with Crippen LogP contribution in [0.4, 0.5) is 24.8 Å². The zero-order valence-corrected chi connectivity index (χ0v) is 21.6. The SMILES string of the molecule is C[C@@H](CNC(=O)C1(C)COC1)c1nc(-c2ccc(C(=O)Nc3cc(C(F)(F)F)ccn3)cc2)c2c(N)nccn12. The standard InChI is InChI=1S/C27H26F3N7O3/c1-15(12-34-25(39)26(2)13-40-14-26)23-36-20(21-22(31)33-9-10-37(21)23)16-3-5-17(6-4-16)24(38)35-19-11-18(7-8-32-19)27(28,29)30/h3-11,15H,12-14H2,1-2H3,(H2,31,33)(H,34,39)(H,32,35,38)/t15-/m0/s1. The highest BCUT2D eigenvalue weighted by atomic mass is 19.4. The topological polar surface area (TPSA) is 137 Å². The minimum Gasteiger partial charge on any atom is -0.382 e. The second-order valence-corrected chi connectivity index (χ2v) is 9.97. The molecule has 1 saturated heterocycles. The number of fused-ring (bicyclic) bond motifs is 1. The summed E-state index contributed by atoms with van der Waals surface area (Å²) in [6.45, 7) is 4.90. The fraction of sp³-hybridized carbons (Fsp3) is 0.296. The first-order chi connectivity index (χ1) is 19.0. The summed E-state index contributed by atoms with van der Waals surface area (Å²) >= 11 is 0. The number of hydrogen-bond donors (Lipinski definition) is 3. The molecule has 1 aromatic carbocycles. The van der Waals surface area contributed by atoms with Gasteiger partial charge in [-0.05, 0) is 31.2 Å². The zero-order chi connectivity index (χ0) is 28.7. The number of halogens is 3. The number of alkyl halides is 3. The van der Waals surface area contributed by atoms with Crippen molar-refractivity contribution in [1.82, 2.24) is 24.7 Å². The Hall–Kier alpha value is -4.52. The van der Waals surface area contributed by atoms with Gasteiger partial charge < -0.3 is 21.1 Å². The van der Waals surface area contributed by atoms with Gasteiger partial charge in [-0.25, -0.2) is 15.0 Å². The number of nitrogens with two attached hydrogens (primary N) is 1. The van der Waals surface area contributed by atoms with Gasteiger partial charge in [0.25, 0.3) is 5.91 Å². The summed E-state index contributed by atoms with van der Waals surface area (Å²) in [5, 5.41) is 5.36. The van der Waals surface area contributed by atoms with E-state index in [0.29, 0.717) is 42.4 Å².